The van der Waals surface area contributed by atoms with Crippen molar-refractivity contribution in [3.05, 3.63) is 45.5 Å². The Bertz CT molecular complexity index is 790. The second-order valence-corrected chi connectivity index (χ2v) is 6.28. The van der Waals surface area contributed by atoms with Gasteiger partial charge in [0.15, 0.2) is 11.6 Å². The molecule has 3 rings (SSSR count). The molecule has 0 saturated heterocycles. The highest BCUT2D eigenvalue weighted by atomic mass is 79.9. The fraction of sp³-hybridized carbons (Fsp3) is 0.143. The lowest BCUT2D eigenvalue weighted by Gasteiger charge is -2.09. The molecule has 0 atom stereocenters. The van der Waals surface area contributed by atoms with E-state index in [4.69, 9.17) is 10.6 Å². The van der Waals surface area contributed by atoms with Crippen LogP contribution in [-0.2, 0) is 6.61 Å². The van der Waals surface area contributed by atoms with Gasteiger partial charge in [-0.2, -0.15) is 0 Å². The van der Waals surface area contributed by atoms with Crippen molar-refractivity contribution in [3.8, 4) is 5.75 Å². The summed E-state index contributed by atoms with van der Waals surface area (Å²) in [6.07, 6.45) is 0. The molecule has 3 aromatic rings. The van der Waals surface area contributed by atoms with E-state index in [1.165, 1.54) is 0 Å². The first kappa shape index (κ1) is 14.2. The SMILES string of the molecule is Cc1cc(Br)ccc1OCc1nc(NN)c2ccsc2n1. The van der Waals surface area contributed by atoms with E-state index in [1.807, 2.05) is 36.6 Å². The number of anilines is 1. The van der Waals surface area contributed by atoms with Crippen LogP contribution in [0.25, 0.3) is 10.2 Å². The van der Waals surface area contributed by atoms with Crippen LogP contribution in [0.3, 0.4) is 0 Å². The molecule has 3 N–H and O–H groups in total. The molecule has 0 aliphatic heterocycles. The maximum atomic E-state index is 5.79. The van der Waals surface area contributed by atoms with Crippen molar-refractivity contribution in [1.82, 2.24) is 9.97 Å². The number of hydrogen-bond acceptors (Lipinski definition) is 6. The number of nitrogens with two attached hydrogens (primary N) is 1. The topological polar surface area (TPSA) is 73.1 Å². The zero-order chi connectivity index (χ0) is 14.8. The highest BCUT2D eigenvalue weighted by molar-refractivity contribution is 9.10. The Kier molecular flexibility index (Phi) is 4.05. The second kappa shape index (κ2) is 5.97. The summed E-state index contributed by atoms with van der Waals surface area (Å²) in [5, 5.41) is 2.88. The number of benzene rings is 1. The Morgan fingerprint density at radius 1 is 1.33 bits per heavy atom. The summed E-state index contributed by atoms with van der Waals surface area (Å²) in [4.78, 5) is 9.76. The monoisotopic (exact) mass is 364 g/mol. The van der Waals surface area contributed by atoms with Crippen LogP contribution in [0.2, 0.25) is 0 Å². The molecule has 21 heavy (non-hydrogen) atoms. The van der Waals surface area contributed by atoms with Gasteiger partial charge in [0.05, 0.1) is 5.39 Å². The number of hydrogen-bond donors (Lipinski definition) is 2. The molecule has 0 aliphatic rings. The van der Waals surface area contributed by atoms with Gasteiger partial charge >= 0.3 is 0 Å². The first-order valence-corrected chi connectivity index (χ1v) is 7.94. The Morgan fingerprint density at radius 3 is 2.95 bits per heavy atom. The van der Waals surface area contributed by atoms with Crippen LogP contribution in [0, 0.1) is 6.92 Å². The van der Waals surface area contributed by atoms with E-state index in [1.54, 1.807) is 11.3 Å². The molecule has 108 valence electrons. The molecule has 0 fully saturated rings. The Hall–Kier alpha value is -1.70. The number of nitrogens with zero attached hydrogens (tertiary/aromatic N) is 2. The lowest BCUT2D eigenvalue weighted by atomic mass is 10.2. The number of aryl methyl sites for hydroxylation is 1. The van der Waals surface area contributed by atoms with Crippen LogP contribution < -0.4 is 16.0 Å². The van der Waals surface area contributed by atoms with Crippen LogP contribution in [-0.4, -0.2) is 9.97 Å². The highest BCUT2D eigenvalue weighted by Gasteiger charge is 2.09. The molecule has 0 radical (unpaired) electrons. The molecular weight excluding hydrogens is 352 g/mol. The predicted molar refractivity (Wildman–Crippen MR) is 88.4 cm³/mol. The summed E-state index contributed by atoms with van der Waals surface area (Å²) >= 11 is 4.98. The molecule has 0 saturated carbocycles. The summed E-state index contributed by atoms with van der Waals surface area (Å²) < 4.78 is 6.82. The van der Waals surface area contributed by atoms with Gasteiger partial charge in [0.2, 0.25) is 0 Å². The van der Waals surface area contributed by atoms with Gasteiger partial charge in [0, 0.05) is 4.47 Å². The van der Waals surface area contributed by atoms with Crippen LogP contribution >= 0.6 is 27.3 Å². The molecule has 2 heterocycles. The van der Waals surface area contributed by atoms with Gasteiger partial charge in [-0.05, 0) is 42.1 Å². The summed E-state index contributed by atoms with van der Waals surface area (Å²) in [5.41, 5.74) is 3.66. The third kappa shape index (κ3) is 2.99. The van der Waals surface area contributed by atoms with E-state index in [0.717, 1.165) is 26.0 Å². The largest absolute Gasteiger partial charge is 0.485 e. The maximum Gasteiger partial charge on any atom is 0.169 e. The van der Waals surface area contributed by atoms with Gasteiger partial charge in [-0.15, -0.1) is 11.3 Å². The van der Waals surface area contributed by atoms with Gasteiger partial charge < -0.3 is 10.2 Å². The molecule has 0 spiro atoms. The average molecular weight is 365 g/mol. The molecule has 0 aliphatic carbocycles. The molecular formula is C14H13BrN4OS. The molecule has 2 aromatic heterocycles. The van der Waals surface area contributed by atoms with E-state index < -0.39 is 0 Å². The van der Waals surface area contributed by atoms with Gasteiger partial charge in [-0.1, -0.05) is 15.9 Å². The smallest absolute Gasteiger partial charge is 0.169 e. The third-order valence-corrected chi connectivity index (χ3v) is 4.30. The minimum atomic E-state index is 0.297. The molecule has 5 nitrogen and oxygen atoms in total. The molecule has 0 unspecified atom stereocenters. The molecule has 0 amide bonds. The average Bonchev–Trinajstić information content (AvgIpc) is 2.93. The lowest BCUT2D eigenvalue weighted by Crippen LogP contribution is -2.11. The number of halogens is 1. The number of ether oxygens (including phenoxy) is 1. The number of rotatable bonds is 4. The minimum Gasteiger partial charge on any atom is -0.485 e. The van der Waals surface area contributed by atoms with Crippen LogP contribution in [0.1, 0.15) is 11.4 Å². The molecule has 7 heteroatoms. The summed E-state index contributed by atoms with van der Waals surface area (Å²) in [6.45, 7) is 2.29. The highest BCUT2D eigenvalue weighted by Crippen LogP contribution is 2.26. The predicted octanol–water partition coefficient (Wildman–Crippen LogP) is 3.63. The second-order valence-electron chi connectivity index (χ2n) is 4.47. The zero-order valence-electron chi connectivity index (χ0n) is 11.3. The van der Waals surface area contributed by atoms with E-state index in [-0.39, 0.29) is 0 Å². The van der Waals surface area contributed by atoms with Crippen LogP contribution in [0.5, 0.6) is 5.75 Å². The Morgan fingerprint density at radius 2 is 2.19 bits per heavy atom. The standard InChI is InChI=1S/C14H13BrN4OS/c1-8-6-9(15)2-3-11(8)20-7-12-17-13(19-16)10-4-5-21-14(10)18-12/h2-6H,7,16H2,1H3,(H,17,18,19). The minimum absolute atomic E-state index is 0.297. The third-order valence-electron chi connectivity index (χ3n) is 3.00. The van der Waals surface area contributed by atoms with Crippen molar-refractivity contribution < 1.29 is 4.74 Å². The van der Waals surface area contributed by atoms with Gasteiger partial charge in [-0.3, -0.25) is 0 Å². The number of thiophene rings is 1. The van der Waals surface area contributed by atoms with Crippen LogP contribution in [0.15, 0.2) is 34.1 Å². The Labute approximate surface area is 134 Å². The van der Waals surface area contributed by atoms with E-state index in [9.17, 15) is 0 Å². The number of nitrogen functional groups attached to an aromatic ring is 1. The van der Waals surface area contributed by atoms with Crippen molar-refractivity contribution in [2.75, 3.05) is 5.43 Å². The van der Waals surface area contributed by atoms with Gasteiger partial charge in [0.1, 0.15) is 17.2 Å². The fourth-order valence-electron chi connectivity index (χ4n) is 1.99. The number of aromatic nitrogens is 2. The zero-order valence-corrected chi connectivity index (χ0v) is 13.7. The molecule has 1 aromatic carbocycles. The lowest BCUT2D eigenvalue weighted by molar-refractivity contribution is 0.294. The Balaban J connectivity index is 1.84. The van der Waals surface area contributed by atoms with Crippen molar-refractivity contribution >= 4 is 43.3 Å². The van der Waals surface area contributed by atoms with Crippen molar-refractivity contribution in [1.29, 1.82) is 0 Å². The summed E-state index contributed by atoms with van der Waals surface area (Å²) in [5.74, 6) is 7.54. The normalized spacial score (nSPS) is 10.8. The fourth-order valence-corrected chi connectivity index (χ4v) is 3.25. The van der Waals surface area contributed by atoms with E-state index in [2.05, 4.69) is 31.3 Å². The number of fused-ring (bicyclic) bond motifs is 1. The van der Waals surface area contributed by atoms with Crippen LogP contribution in [0.4, 0.5) is 5.82 Å². The molecule has 0 bridgehead atoms. The first-order chi connectivity index (χ1) is 10.2. The summed E-state index contributed by atoms with van der Waals surface area (Å²) in [7, 11) is 0. The number of nitrogens with one attached hydrogen (secondary N) is 1. The first-order valence-electron chi connectivity index (χ1n) is 6.27. The number of hydrazine groups is 1. The quantitative estimate of drug-likeness (QED) is 0.546. The summed E-state index contributed by atoms with van der Waals surface area (Å²) in [6, 6.07) is 7.81. The van der Waals surface area contributed by atoms with Gasteiger partial charge in [0.25, 0.3) is 0 Å². The van der Waals surface area contributed by atoms with Gasteiger partial charge in [-0.25, -0.2) is 15.8 Å². The van der Waals surface area contributed by atoms with E-state index >= 15 is 0 Å². The van der Waals surface area contributed by atoms with E-state index in [0.29, 0.717) is 18.2 Å². The van der Waals surface area contributed by atoms with Crippen molar-refractivity contribution in [3.63, 3.8) is 0 Å². The van der Waals surface area contributed by atoms with Crippen molar-refractivity contribution in [2.45, 2.75) is 13.5 Å². The maximum absolute atomic E-state index is 5.79. The van der Waals surface area contributed by atoms with Crippen molar-refractivity contribution in [2.24, 2.45) is 5.84 Å².